The maximum Gasteiger partial charge on any atom is 0.131 e. The molecule has 0 amide bonds. The summed E-state index contributed by atoms with van der Waals surface area (Å²) in [6.07, 6.45) is 8.19. The van der Waals surface area contributed by atoms with Crippen molar-refractivity contribution in [1.82, 2.24) is 0 Å². The van der Waals surface area contributed by atoms with Crippen LogP contribution in [0.4, 0.5) is 10.1 Å². The summed E-state index contributed by atoms with van der Waals surface area (Å²) in [5.41, 5.74) is 10.5. The lowest BCUT2D eigenvalue weighted by Crippen LogP contribution is -2.24. The molecule has 33 heavy (non-hydrogen) atoms. The molecule has 0 radical (unpaired) electrons. The molecule has 1 aliphatic rings. The van der Waals surface area contributed by atoms with Crippen LogP contribution in [0, 0.1) is 5.82 Å². The Hall–Kier alpha value is -3.11. The van der Waals surface area contributed by atoms with E-state index in [9.17, 15) is 0 Å². The molecule has 4 rings (SSSR count). The zero-order valence-corrected chi connectivity index (χ0v) is 19.6. The summed E-state index contributed by atoms with van der Waals surface area (Å²) in [5.74, 6) is 0.408. The number of fused-ring (bicyclic) bond motifs is 1. The fourth-order valence-corrected chi connectivity index (χ4v) is 4.51. The van der Waals surface area contributed by atoms with Crippen molar-refractivity contribution in [3.8, 4) is 11.1 Å². The highest BCUT2D eigenvalue weighted by Gasteiger charge is 2.15. The number of rotatable bonds is 6. The lowest BCUT2D eigenvalue weighted by atomic mass is 9.94. The average Bonchev–Trinajstić information content (AvgIpc) is 2.91. The number of nitrogens with two attached hydrogens (primary N) is 1. The summed E-state index contributed by atoms with van der Waals surface area (Å²) in [5, 5.41) is 6.32. The lowest BCUT2D eigenvalue weighted by molar-refractivity contribution is 0.629. The van der Waals surface area contributed by atoms with E-state index in [1.54, 1.807) is 12.3 Å². The molecule has 0 bridgehead atoms. The molecule has 0 saturated carbocycles. The number of benzene rings is 3. The molecule has 0 aliphatic carbocycles. The van der Waals surface area contributed by atoms with Crippen molar-refractivity contribution in [3.05, 3.63) is 87.0 Å². The Bertz CT molecular complexity index is 1300. The van der Waals surface area contributed by atoms with Gasteiger partial charge in [-0.1, -0.05) is 54.9 Å². The van der Waals surface area contributed by atoms with E-state index in [0.717, 1.165) is 63.5 Å². The average molecular weight is 462 g/mol. The van der Waals surface area contributed by atoms with Crippen LogP contribution in [-0.2, 0) is 12.8 Å². The van der Waals surface area contributed by atoms with Crippen molar-refractivity contribution in [2.75, 3.05) is 11.9 Å². The van der Waals surface area contributed by atoms with Gasteiger partial charge in [-0.25, -0.2) is 9.38 Å². The maximum atomic E-state index is 15.1. The number of aliphatic imine (C=N–C) groups is 1. The van der Waals surface area contributed by atoms with Crippen LogP contribution in [0.25, 0.3) is 23.4 Å². The number of amidine groups is 1. The van der Waals surface area contributed by atoms with Gasteiger partial charge in [0.05, 0.1) is 5.84 Å². The van der Waals surface area contributed by atoms with E-state index >= 15 is 4.39 Å². The lowest BCUT2D eigenvalue weighted by Gasteiger charge is -2.17. The van der Waals surface area contributed by atoms with Crippen LogP contribution in [0.2, 0.25) is 5.02 Å². The Morgan fingerprint density at radius 2 is 1.94 bits per heavy atom. The first kappa shape index (κ1) is 23.1. The van der Waals surface area contributed by atoms with Crippen LogP contribution < -0.4 is 21.5 Å². The van der Waals surface area contributed by atoms with E-state index < -0.39 is 0 Å². The van der Waals surface area contributed by atoms with Gasteiger partial charge in [-0.2, -0.15) is 0 Å². The summed E-state index contributed by atoms with van der Waals surface area (Å²) in [7, 11) is 0. The zero-order valence-electron chi connectivity index (χ0n) is 18.9. The molecule has 3 N–H and O–H groups in total. The Balaban J connectivity index is 1.69. The second-order valence-electron chi connectivity index (χ2n) is 8.26. The van der Waals surface area contributed by atoms with Crippen LogP contribution in [0.15, 0.2) is 59.6 Å². The third kappa shape index (κ3) is 5.45. The Morgan fingerprint density at radius 1 is 1.09 bits per heavy atom. The zero-order chi connectivity index (χ0) is 23.2. The molecule has 0 fully saturated rings. The van der Waals surface area contributed by atoms with Crippen molar-refractivity contribution < 1.29 is 4.39 Å². The molecule has 0 atom stereocenters. The van der Waals surface area contributed by atoms with E-state index in [-0.39, 0.29) is 5.82 Å². The van der Waals surface area contributed by atoms with Gasteiger partial charge in [0.15, 0.2) is 0 Å². The van der Waals surface area contributed by atoms with Gasteiger partial charge in [0, 0.05) is 40.7 Å². The normalized spacial score (nSPS) is 15.5. The Kier molecular flexibility index (Phi) is 7.46. The Labute approximate surface area is 199 Å². The molecule has 0 unspecified atom stereocenters. The molecule has 0 saturated heterocycles. The summed E-state index contributed by atoms with van der Waals surface area (Å²) >= 11 is 6.29. The minimum absolute atomic E-state index is 0.224. The number of nitrogens with one attached hydrogen (secondary N) is 1. The minimum Gasteiger partial charge on any atom is -0.387 e. The fraction of sp³-hybridized carbons (Fsp3) is 0.250. The third-order valence-corrected chi connectivity index (χ3v) is 6.40. The molecule has 3 aromatic carbocycles. The van der Waals surface area contributed by atoms with E-state index in [2.05, 4.69) is 29.4 Å². The highest BCUT2D eigenvalue weighted by Crippen LogP contribution is 2.32. The van der Waals surface area contributed by atoms with Crippen LogP contribution in [-0.4, -0.2) is 12.4 Å². The van der Waals surface area contributed by atoms with Gasteiger partial charge >= 0.3 is 0 Å². The van der Waals surface area contributed by atoms with Crippen molar-refractivity contribution in [2.24, 2.45) is 10.7 Å². The predicted octanol–water partition coefficient (Wildman–Crippen LogP) is 5.42. The van der Waals surface area contributed by atoms with E-state index in [1.165, 1.54) is 0 Å². The molecule has 0 spiro atoms. The second kappa shape index (κ2) is 10.7. The predicted molar refractivity (Wildman–Crippen MR) is 139 cm³/mol. The quantitative estimate of drug-likeness (QED) is 0.514. The van der Waals surface area contributed by atoms with Crippen LogP contribution in [0.3, 0.4) is 0 Å². The van der Waals surface area contributed by atoms with Gasteiger partial charge in [0.1, 0.15) is 5.82 Å². The van der Waals surface area contributed by atoms with E-state index in [1.807, 2.05) is 42.5 Å². The number of halogens is 2. The second-order valence-corrected chi connectivity index (χ2v) is 8.67. The van der Waals surface area contributed by atoms with Gasteiger partial charge in [-0.05, 0) is 71.9 Å². The van der Waals surface area contributed by atoms with Gasteiger partial charge in [-0.3, -0.25) is 0 Å². The largest absolute Gasteiger partial charge is 0.387 e. The molecule has 1 heterocycles. The van der Waals surface area contributed by atoms with Gasteiger partial charge in [0.2, 0.25) is 0 Å². The smallest absolute Gasteiger partial charge is 0.131 e. The summed E-state index contributed by atoms with van der Waals surface area (Å²) in [4.78, 5) is 4.41. The number of anilines is 1. The summed E-state index contributed by atoms with van der Waals surface area (Å²) in [6.45, 7) is 2.77. The van der Waals surface area contributed by atoms with Crippen molar-refractivity contribution in [3.63, 3.8) is 0 Å². The van der Waals surface area contributed by atoms with E-state index in [4.69, 9.17) is 17.3 Å². The Morgan fingerprint density at radius 3 is 2.76 bits per heavy atom. The molecule has 1 aliphatic heterocycles. The maximum absolute atomic E-state index is 15.1. The fourth-order valence-electron chi connectivity index (χ4n) is 4.28. The standard InChI is InChI=1S/C28H29ClFN3/c1-2-23-26(32-16-15-20-8-3-5-9-24(20)29)14-13-25(30)28(23)21-12-11-19-7-4-6-10-27(31)33-18-22(19)17-21/h3,5,7-9,11-14,17-18,32H,2,4,6,10,15-16H2,1H3,(H2,31,33)/b19-7+,22-18-. The van der Waals surface area contributed by atoms with Crippen molar-refractivity contribution in [1.29, 1.82) is 0 Å². The number of hydrogen-bond acceptors (Lipinski definition) is 3. The van der Waals surface area contributed by atoms with Gasteiger partial charge < -0.3 is 11.1 Å². The van der Waals surface area contributed by atoms with Gasteiger partial charge in [-0.15, -0.1) is 0 Å². The summed E-state index contributed by atoms with van der Waals surface area (Å²) in [6, 6.07) is 17.3. The van der Waals surface area contributed by atoms with Gasteiger partial charge in [0.25, 0.3) is 0 Å². The molecular weight excluding hydrogens is 433 g/mol. The SMILES string of the molecule is CCc1c(NCCc2ccccc2Cl)ccc(F)c1-c1ccc2/c(c1)=C\N=C(N)CCC/C=2. The van der Waals surface area contributed by atoms with Crippen LogP contribution in [0.5, 0.6) is 0 Å². The van der Waals surface area contributed by atoms with Crippen LogP contribution in [0.1, 0.15) is 37.3 Å². The third-order valence-electron chi connectivity index (χ3n) is 6.03. The first-order chi connectivity index (χ1) is 16.1. The van der Waals surface area contributed by atoms with E-state index in [0.29, 0.717) is 24.4 Å². The van der Waals surface area contributed by atoms with Crippen molar-refractivity contribution in [2.45, 2.75) is 39.0 Å². The first-order valence-corrected chi connectivity index (χ1v) is 11.9. The monoisotopic (exact) mass is 461 g/mol. The number of hydrogen-bond donors (Lipinski definition) is 2. The first-order valence-electron chi connectivity index (χ1n) is 11.5. The summed E-state index contributed by atoms with van der Waals surface area (Å²) < 4.78 is 15.1. The molecular formula is C28H29ClFN3. The molecule has 5 heteroatoms. The van der Waals surface area contributed by atoms with Crippen molar-refractivity contribution >= 4 is 35.4 Å². The van der Waals surface area contributed by atoms with Crippen LogP contribution >= 0.6 is 11.6 Å². The molecule has 3 aromatic rings. The molecule has 170 valence electrons. The molecule has 0 aromatic heterocycles. The molecule has 3 nitrogen and oxygen atoms in total. The highest BCUT2D eigenvalue weighted by atomic mass is 35.5. The highest BCUT2D eigenvalue weighted by molar-refractivity contribution is 6.31. The minimum atomic E-state index is -0.224. The topological polar surface area (TPSA) is 50.4 Å². The number of nitrogens with zero attached hydrogens (tertiary/aromatic N) is 1.